The van der Waals surface area contributed by atoms with Gasteiger partial charge in [-0.05, 0) is 49.1 Å². The van der Waals surface area contributed by atoms with Gasteiger partial charge in [-0.1, -0.05) is 5.16 Å². The summed E-state index contributed by atoms with van der Waals surface area (Å²) in [5.74, 6) is 2.49. The van der Waals surface area contributed by atoms with Gasteiger partial charge >= 0.3 is 0 Å². The van der Waals surface area contributed by atoms with E-state index in [2.05, 4.69) is 25.4 Å². The standard InChI is InChI=1S/C22H17N7OS/c1-4-15-16(5-1)31-22-18(15)21(27-19(28-22)14-3-2-8-24-11-14)25-12-17-26-20(29-30-17)13-6-9-23-10-7-13/h2-3,6-11H,1,4-5,12H2,(H,25,27,28). The number of rotatable bonds is 5. The average molecular weight is 427 g/mol. The van der Waals surface area contributed by atoms with E-state index in [9.17, 15) is 0 Å². The fraction of sp³-hybridized carbons (Fsp3) is 0.182. The largest absolute Gasteiger partial charge is 0.360 e. The highest BCUT2D eigenvalue weighted by atomic mass is 32.1. The number of nitrogens with zero attached hydrogens (tertiary/aromatic N) is 6. The number of aromatic nitrogens is 6. The van der Waals surface area contributed by atoms with Crippen LogP contribution in [-0.4, -0.2) is 30.1 Å². The number of hydrogen-bond acceptors (Lipinski definition) is 9. The fourth-order valence-electron chi connectivity index (χ4n) is 3.85. The smallest absolute Gasteiger partial charge is 0.246 e. The molecule has 6 rings (SSSR count). The van der Waals surface area contributed by atoms with Crippen LogP contribution in [0.4, 0.5) is 5.82 Å². The fourth-order valence-corrected chi connectivity index (χ4v) is 5.11. The molecule has 0 unspecified atom stereocenters. The maximum atomic E-state index is 5.45. The zero-order valence-corrected chi connectivity index (χ0v) is 17.3. The predicted molar refractivity (Wildman–Crippen MR) is 118 cm³/mol. The minimum atomic E-state index is 0.376. The van der Waals surface area contributed by atoms with Gasteiger partial charge in [-0.3, -0.25) is 9.97 Å². The molecule has 1 aliphatic carbocycles. The van der Waals surface area contributed by atoms with E-state index in [4.69, 9.17) is 14.5 Å². The van der Waals surface area contributed by atoms with Gasteiger partial charge in [-0.2, -0.15) is 4.98 Å². The van der Waals surface area contributed by atoms with Crippen molar-refractivity contribution in [2.45, 2.75) is 25.8 Å². The molecule has 0 aromatic carbocycles. The van der Waals surface area contributed by atoms with Crippen molar-refractivity contribution in [1.82, 2.24) is 30.1 Å². The van der Waals surface area contributed by atoms with Gasteiger partial charge in [0.2, 0.25) is 11.7 Å². The third kappa shape index (κ3) is 3.32. The molecule has 5 aromatic heterocycles. The van der Waals surface area contributed by atoms with Gasteiger partial charge in [0.1, 0.15) is 10.6 Å². The van der Waals surface area contributed by atoms with Crippen LogP contribution in [0.15, 0.2) is 53.6 Å². The van der Waals surface area contributed by atoms with Crippen molar-refractivity contribution in [3.63, 3.8) is 0 Å². The number of nitrogens with one attached hydrogen (secondary N) is 1. The molecule has 0 amide bonds. The molecule has 0 saturated heterocycles. The Bertz CT molecular complexity index is 1370. The van der Waals surface area contributed by atoms with Crippen molar-refractivity contribution in [3.8, 4) is 22.8 Å². The summed E-state index contributed by atoms with van der Waals surface area (Å²) in [5.41, 5.74) is 3.12. The lowest BCUT2D eigenvalue weighted by molar-refractivity contribution is 0.384. The van der Waals surface area contributed by atoms with E-state index < -0.39 is 0 Å². The quantitative estimate of drug-likeness (QED) is 0.443. The van der Waals surface area contributed by atoms with Crippen molar-refractivity contribution >= 4 is 27.4 Å². The van der Waals surface area contributed by atoms with Crippen LogP contribution in [-0.2, 0) is 19.4 Å². The third-order valence-electron chi connectivity index (χ3n) is 5.30. The maximum Gasteiger partial charge on any atom is 0.246 e. The second kappa shape index (κ2) is 7.51. The molecular formula is C22H17N7OS. The van der Waals surface area contributed by atoms with Crippen LogP contribution in [0.3, 0.4) is 0 Å². The topological polar surface area (TPSA) is 103 Å². The average Bonchev–Trinajstić information content (AvgIpc) is 3.55. The van der Waals surface area contributed by atoms with Gasteiger partial charge in [-0.25, -0.2) is 9.97 Å². The summed E-state index contributed by atoms with van der Waals surface area (Å²) in [6, 6.07) is 7.57. The summed E-state index contributed by atoms with van der Waals surface area (Å²) in [6.45, 7) is 0.376. The van der Waals surface area contributed by atoms with Crippen LogP contribution in [0.2, 0.25) is 0 Å². The van der Waals surface area contributed by atoms with Crippen molar-refractivity contribution in [1.29, 1.82) is 0 Å². The van der Waals surface area contributed by atoms with E-state index in [0.29, 0.717) is 24.1 Å². The molecule has 5 aromatic rings. The van der Waals surface area contributed by atoms with E-state index in [0.717, 1.165) is 40.0 Å². The predicted octanol–water partition coefficient (Wildman–Crippen LogP) is 4.30. The first-order valence-corrected chi connectivity index (χ1v) is 10.9. The molecule has 152 valence electrons. The van der Waals surface area contributed by atoms with Crippen LogP contribution in [0, 0.1) is 0 Å². The Morgan fingerprint density at radius 3 is 2.74 bits per heavy atom. The lowest BCUT2D eigenvalue weighted by Gasteiger charge is -2.08. The number of aryl methyl sites for hydroxylation is 2. The Morgan fingerprint density at radius 1 is 0.935 bits per heavy atom. The summed E-state index contributed by atoms with van der Waals surface area (Å²) in [5, 5.41) is 8.61. The Kier molecular flexibility index (Phi) is 4.38. The van der Waals surface area contributed by atoms with Crippen molar-refractivity contribution in [2.75, 3.05) is 5.32 Å². The SMILES string of the molecule is c1cncc(-c2nc(NCc3nc(-c4ccncc4)no3)c3c4c(sc3n2)CCC4)c1. The molecule has 0 saturated carbocycles. The first kappa shape index (κ1) is 18.1. The number of anilines is 1. The molecule has 1 N–H and O–H groups in total. The molecule has 0 radical (unpaired) electrons. The summed E-state index contributed by atoms with van der Waals surface area (Å²) >= 11 is 1.76. The monoisotopic (exact) mass is 427 g/mol. The van der Waals surface area contributed by atoms with Gasteiger partial charge in [0.25, 0.3) is 0 Å². The third-order valence-corrected chi connectivity index (χ3v) is 6.48. The van der Waals surface area contributed by atoms with Gasteiger partial charge in [0.15, 0.2) is 5.82 Å². The van der Waals surface area contributed by atoms with Crippen LogP contribution < -0.4 is 5.32 Å². The van der Waals surface area contributed by atoms with Crippen molar-refractivity contribution in [2.24, 2.45) is 0 Å². The summed E-state index contributed by atoms with van der Waals surface area (Å²) in [4.78, 5) is 24.8. The van der Waals surface area contributed by atoms with E-state index in [1.807, 2.05) is 24.3 Å². The Labute approximate surface area is 181 Å². The van der Waals surface area contributed by atoms with E-state index in [1.54, 1.807) is 36.1 Å². The highest BCUT2D eigenvalue weighted by Gasteiger charge is 2.23. The van der Waals surface area contributed by atoms with Crippen LogP contribution in [0.5, 0.6) is 0 Å². The first-order chi connectivity index (χ1) is 15.3. The molecule has 0 bridgehead atoms. The summed E-state index contributed by atoms with van der Waals surface area (Å²) in [7, 11) is 0. The van der Waals surface area contributed by atoms with Crippen LogP contribution in [0.25, 0.3) is 33.0 Å². The molecular weight excluding hydrogens is 410 g/mol. The maximum absolute atomic E-state index is 5.45. The van der Waals surface area contributed by atoms with E-state index >= 15 is 0 Å². The molecule has 0 atom stereocenters. The van der Waals surface area contributed by atoms with Crippen LogP contribution >= 0.6 is 11.3 Å². The number of pyridine rings is 2. The molecule has 0 spiro atoms. The van der Waals surface area contributed by atoms with Gasteiger partial charge in [0.05, 0.1) is 11.9 Å². The number of hydrogen-bond donors (Lipinski definition) is 1. The van der Waals surface area contributed by atoms with E-state index in [-0.39, 0.29) is 0 Å². The summed E-state index contributed by atoms with van der Waals surface area (Å²) in [6.07, 6.45) is 10.3. The Morgan fingerprint density at radius 2 is 1.87 bits per heavy atom. The minimum Gasteiger partial charge on any atom is -0.360 e. The zero-order chi connectivity index (χ0) is 20.6. The van der Waals surface area contributed by atoms with Gasteiger partial charge < -0.3 is 9.84 Å². The molecule has 9 heteroatoms. The van der Waals surface area contributed by atoms with Gasteiger partial charge in [-0.15, -0.1) is 11.3 Å². The van der Waals surface area contributed by atoms with Crippen molar-refractivity contribution in [3.05, 3.63) is 65.4 Å². The van der Waals surface area contributed by atoms with Crippen LogP contribution in [0.1, 0.15) is 22.8 Å². The van der Waals surface area contributed by atoms with E-state index in [1.165, 1.54) is 16.9 Å². The highest BCUT2D eigenvalue weighted by Crippen LogP contribution is 2.40. The van der Waals surface area contributed by atoms with Crippen molar-refractivity contribution < 1.29 is 4.52 Å². The highest BCUT2D eigenvalue weighted by molar-refractivity contribution is 7.19. The summed E-state index contributed by atoms with van der Waals surface area (Å²) < 4.78 is 5.45. The number of thiophene rings is 1. The number of fused-ring (bicyclic) bond motifs is 3. The molecule has 5 heterocycles. The second-order valence-electron chi connectivity index (χ2n) is 7.28. The lowest BCUT2D eigenvalue weighted by atomic mass is 10.2. The zero-order valence-electron chi connectivity index (χ0n) is 16.4. The molecule has 0 aliphatic heterocycles. The van der Waals surface area contributed by atoms with Gasteiger partial charge in [0, 0.05) is 40.8 Å². The Hall–Kier alpha value is -3.72. The lowest BCUT2D eigenvalue weighted by Crippen LogP contribution is -2.04. The molecule has 31 heavy (non-hydrogen) atoms. The normalized spacial score (nSPS) is 12.9. The first-order valence-electron chi connectivity index (χ1n) is 10.0. The molecule has 8 nitrogen and oxygen atoms in total. The minimum absolute atomic E-state index is 0.376. The second-order valence-corrected chi connectivity index (χ2v) is 8.36. The Balaban J connectivity index is 1.36. The molecule has 1 aliphatic rings. The molecule has 0 fully saturated rings.